The first-order chi connectivity index (χ1) is 6.11. The number of halogens is 1. The average molecular weight is 187 g/mol. The van der Waals surface area contributed by atoms with Crippen molar-refractivity contribution < 1.29 is 4.39 Å². The molecule has 0 aromatic heterocycles. The largest absolute Gasteiger partial charge is 0.298 e. The second-order valence-corrected chi connectivity index (χ2v) is 4.65. The van der Waals surface area contributed by atoms with Gasteiger partial charge in [0.1, 0.15) is 0 Å². The number of rotatable bonds is 4. The van der Waals surface area contributed by atoms with E-state index in [1.54, 1.807) is 0 Å². The van der Waals surface area contributed by atoms with E-state index in [9.17, 15) is 4.39 Å². The van der Waals surface area contributed by atoms with Gasteiger partial charge in [-0.1, -0.05) is 13.8 Å². The van der Waals surface area contributed by atoms with Crippen molar-refractivity contribution in [1.82, 2.24) is 4.90 Å². The van der Waals surface area contributed by atoms with Crippen LogP contribution in [0.2, 0.25) is 0 Å². The average Bonchev–Trinajstić information content (AvgIpc) is 2.45. The molecule has 0 N–H and O–H groups in total. The van der Waals surface area contributed by atoms with Crippen molar-refractivity contribution in [3.63, 3.8) is 0 Å². The molecule has 0 saturated carbocycles. The molecule has 1 aliphatic rings. The van der Waals surface area contributed by atoms with Gasteiger partial charge >= 0.3 is 0 Å². The van der Waals surface area contributed by atoms with Crippen molar-refractivity contribution in [3.8, 4) is 0 Å². The molecule has 1 heterocycles. The van der Waals surface area contributed by atoms with Crippen LogP contribution in [0, 0.1) is 5.92 Å². The van der Waals surface area contributed by atoms with Gasteiger partial charge in [-0.05, 0) is 38.6 Å². The third kappa shape index (κ3) is 2.22. The minimum absolute atomic E-state index is 0.176. The van der Waals surface area contributed by atoms with Crippen LogP contribution < -0.4 is 0 Å². The highest BCUT2D eigenvalue weighted by Gasteiger charge is 2.38. The Morgan fingerprint density at radius 2 is 2.15 bits per heavy atom. The zero-order valence-corrected chi connectivity index (χ0v) is 9.15. The number of hydrogen-bond donors (Lipinski definition) is 0. The lowest BCUT2D eigenvalue weighted by molar-refractivity contribution is 0.102. The first-order valence-corrected chi connectivity index (χ1v) is 5.42. The fraction of sp³-hybridized carbons (Fsp3) is 1.00. The van der Waals surface area contributed by atoms with E-state index in [-0.39, 0.29) is 6.67 Å². The van der Waals surface area contributed by atoms with Crippen molar-refractivity contribution in [1.29, 1.82) is 0 Å². The van der Waals surface area contributed by atoms with Crippen LogP contribution in [0.4, 0.5) is 4.39 Å². The molecule has 0 aromatic carbocycles. The Morgan fingerprint density at radius 1 is 1.46 bits per heavy atom. The molecule has 1 unspecified atom stereocenters. The molecular weight excluding hydrogens is 165 g/mol. The quantitative estimate of drug-likeness (QED) is 0.654. The van der Waals surface area contributed by atoms with Gasteiger partial charge in [-0.3, -0.25) is 9.29 Å². The highest BCUT2D eigenvalue weighted by molar-refractivity contribution is 4.94. The van der Waals surface area contributed by atoms with Crippen molar-refractivity contribution in [3.05, 3.63) is 0 Å². The summed E-state index contributed by atoms with van der Waals surface area (Å²) in [6, 6.07) is 0. The Kier molecular flexibility index (Phi) is 3.72. The van der Waals surface area contributed by atoms with Crippen LogP contribution in [-0.4, -0.2) is 30.2 Å². The molecule has 1 atom stereocenters. The van der Waals surface area contributed by atoms with Crippen LogP contribution in [0.15, 0.2) is 0 Å². The van der Waals surface area contributed by atoms with E-state index in [0.717, 1.165) is 13.1 Å². The summed E-state index contributed by atoms with van der Waals surface area (Å²) in [5.74, 6) is 0.676. The van der Waals surface area contributed by atoms with Gasteiger partial charge in [0.25, 0.3) is 0 Å². The summed E-state index contributed by atoms with van der Waals surface area (Å²) in [6.07, 6.45) is 3.25. The highest BCUT2D eigenvalue weighted by atomic mass is 19.1. The molecule has 0 aromatic rings. The van der Waals surface area contributed by atoms with Gasteiger partial charge < -0.3 is 0 Å². The fourth-order valence-electron chi connectivity index (χ4n) is 2.31. The molecule has 0 spiro atoms. The first kappa shape index (κ1) is 11.0. The molecule has 1 aliphatic heterocycles. The lowest BCUT2D eigenvalue weighted by Crippen LogP contribution is -2.45. The van der Waals surface area contributed by atoms with Crippen LogP contribution in [0.5, 0.6) is 0 Å². The Hall–Kier alpha value is -0.110. The second kappa shape index (κ2) is 4.41. The summed E-state index contributed by atoms with van der Waals surface area (Å²) in [6.45, 7) is 8.79. The summed E-state index contributed by atoms with van der Waals surface area (Å²) in [4.78, 5) is 2.47. The van der Waals surface area contributed by atoms with E-state index in [4.69, 9.17) is 0 Å². The second-order valence-electron chi connectivity index (χ2n) is 4.65. The van der Waals surface area contributed by atoms with Gasteiger partial charge in [0.15, 0.2) is 0 Å². The van der Waals surface area contributed by atoms with Crippen LogP contribution in [0.1, 0.15) is 40.0 Å². The van der Waals surface area contributed by atoms with E-state index in [1.165, 1.54) is 12.8 Å². The van der Waals surface area contributed by atoms with Crippen molar-refractivity contribution in [2.24, 2.45) is 5.92 Å². The van der Waals surface area contributed by atoms with Crippen molar-refractivity contribution in [2.45, 2.75) is 45.6 Å². The summed E-state index contributed by atoms with van der Waals surface area (Å²) in [7, 11) is 0. The van der Waals surface area contributed by atoms with E-state index in [2.05, 4.69) is 25.7 Å². The maximum absolute atomic E-state index is 12.1. The van der Waals surface area contributed by atoms with E-state index < -0.39 is 0 Å². The van der Waals surface area contributed by atoms with E-state index in [1.807, 2.05) is 0 Å². The van der Waals surface area contributed by atoms with Crippen LogP contribution in [-0.2, 0) is 0 Å². The number of nitrogens with zero attached hydrogens (tertiary/aromatic N) is 1. The standard InChI is InChI=1S/C11H22FN/c1-10(2)11(3)6-4-8-13(11)9-5-7-12/h10H,4-9H2,1-3H3. The molecule has 0 amide bonds. The molecule has 1 saturated heterocycles. The Balaban J connectivity index is 2.52. The molecule has 78 valence electrons. The molecule has 1 nitrogen and oxygen atoms in total. The number of hydrogen-bond acceptors (Lipinski definition) is 1. The van der Waals surface area contributed by atoms with E-state index >= 15 is 0 Å². The van der Waals surface area contributed by atoms with Crippen molar-refractivity contribution >= 4 is 0 Å². The third-order valence-corrected chi connectivity index (χ3v) is 3.64. The van der Waals surface area contributed by atoms with Gasteiger partial charge in [-0.25, -0.2) is 0 Å². The number of alkyl halides is 1. The molecule has 1 rings (SSSR count). The van der Waals surface area contributed by atoms with Gasteiger partial charge in [-0.15, -0.1) is 0 Å². The third-order valence-electron chi connectivity index (χ3n) is 3.64. The molecule has 0 aliphatic carbocycles. The van der Waals surface area contributed by atoms with E-state index in [0.29, 0.717) is 17.9 Å². The first-order valence-electron chi connectivity index (χ1n) is 5.42. The molecule has 0 radical (unpaired) electrons. The number of likely N-dealkylation sites (tertiary alicyclic amines) is 1. The Morgan fingerprint density at radius 3 is 2.69 bits per heavy atom. The summed E-state index contributed by atoms with van der Waals surface area (Å²) in [5.41, 5.74) is 0.329. The summed E-state index contributed by atoms with van der Waals surface area (Å²) < 4.78 is 12.1. The van der Waals surface area contributed by atoms with Gasteiger partial charge in [0, 0.05) is 12.1 Å². The Bertz CT molecular complexity index is 158. The highest BCUT2D eigenvalue weighted by Crippen LogP contribution is 2.35. The minimum atomic E-state index is -0.176. The van der Waals surface area contributed by atoms with Gasteiger partial charge in [0.05, 0.1) is 6.67 Å². The maximum Gasteiger partial charge on any atom is 0.0906 e. The topological polar surface area (TPSA) is 3.24 Å². The zero-order chi connectivity index (χ0) is 9.90. The predicted octanol–water partition coefficient (Wildman–Crippen LogP) is 2.86. The van der Waals surface area contributed by atoms with Crippen LogP contribution >= 0.6 is 0 Å². The molecular formula is C11H22FN. The molecule has 13 heavy (non-hydrogen) atoms. The normalized spacial score (nSPS) is 30.2. The predicted molar refractivity (Wildman–Crippen MR) is 54.6 cm³/mol. The SMILES string of the molecule is CC(C)C1(C)CCCN1CCCF. The molecule has 1 fully saturated rings. The summed E-state index contributed by atoms with van der Waals surface area (Å²) in [5, 5.41) is 0. The van der Waals surface area contributed by atoms with Crippen LogP contribution in [0.25, 0.3) is 0 Å². The summed E-state index contributed by atoms with van der Waals surface area (Å²) >= 11 is 0. The van der Waals surface area contributed by atoms with Crippen LogP contribution in [0.3, 0.4) is 0 Å². The molecule has 2 heteroatoms. The van der Waals surface area contributed by atoms with Gasteiger partial charge in [-0.2, -0.15) is 0 Å². The Labute approximate surface area is 81.3 Å². The maximum atomic E-state index is 12.1. The minimum Gasteiger partial charge on any atom is -0.298 e. The fourth-order valence-corrected chi connectivity index (χ4v) is 2.31. The zero-order valence-electron chi connectivity index (χ0n) is 9.15. The monoisotopic (exact) mass is 187 g/mol. The lowest BCUT2D eigenvalue weighted by atomic mass is 9.86. The lowest BCUT2D eigenvalue weighted by Gasteiger charge is -2.39. The van der Waals surface area contributed by atoms with Crippen molar-refractivity contribution in [2.75, 3.05) is 19.8 Å². The molecule has 0 bridgehead atoms. The smallest absolute Gasteiger partial charge is 0.0906 e. The van der Waals surface area contributed by atoms with Gasteiger partial charge in [0.2, 0.25) is 0 Å².